The Balaban J connectivity index is 1.95. The number of halogens is 1. The minimum atomic E-state index is -0.875. The maximum absolute atomic E-state index is 12.7. The summed E-state index contributed by atoms with van der Waals surface area (Å²) >= 11 is 7.81. The standard InChI is InChI=1S/C18H22ClNO3S/c1-17(2,3)15-10-18(6-7-20(15)16(22)23)9-13(21)12-5-4-11(19)8-14(12)24-18/h4-5,8,15H,6-7,9-10H2,1-3H3,(H,22,23). The number of piperidine rings is 1. The van der Waals surface area contributed by atoms with Crippen LogP contribution in [-0.2, 0) is 0 Å². The Hall–Kier alpha value is -1.20. The summed E-state index contributed by atoms with van der Waals surface area (Å²) in [5.74, 6) is 0.136. The number of carbonyl (C=O) groups is 2. The number of nitrogens with zero attached hydrogens (tertiary/aromatic N) is 1. The van der Waals surface area contributed by atoms with E-state index in [4.69, 9.17) is 11.6 Å². The molecule has 1 spiro atoms. The van der Waals surface area contributed by atoms with E-state index in [0.717, 1.165) is 10.5 Å². The van der Waals surface area contributed by atoms with Gasteiger partial charge in [0.05, 0.1) is 0 Å². The van der Waals surface area contributed by atoms with Crippen molar-refractivity contribution < 1.29 is 14.7 Å². The number of carbonyl (C=O) groups excluding carboxylic acids is 1. The number of hydrogen-bond donors (Lipinski definition) is 1. The Kier molecular flexibility index (Phi) is 4.37. The van der Waals surface area contributed by atoms with Gasteiger partial charge in [0.15, 0.2) is 5.78 Å². The molecule has 1 amide bonds. The van der Waals surface area contributed by atoms with Gasteiger partial charge in [0, 0.05) is 39.2 Å². The minimum Gasteiger partial charge on any atom is -0.465 e. The highest BCUT2D eigenvalue weighted by atomic mass is 35.5. The molecule has 2 aliphatic rings. The molecule has 1 aromatic carbocycles. The maximum atomic E-state index is 12.7. The van der Waals surface area contributed by atoms with Gasteiger partial charge < -0.3 is 10.0 Å². The SMILES string of the molecule is CC(C)(C)C1CC2(CCN1C(=O)O)CC(=O)c1ccc(Cl)cc1S2. The molecule has 2 unspecified atom stereocenters. The fourth-order valence-corrected chi connectivity index (χ4v) is 5.59. The number of fused-ring (bicyclic) bond motifs is 1. The molecule has 1 aromatic rings. The van der Waals surface area contributed by atoms with Crippen LogP contribution in [-0.4, -0.2) is 39.2 Å². The van der Waals surface area contributed by atoms with Gasteiger partial charge in [-0.2, -0.15) is 0 Å². The van der Waals surface area contributed by atoms with Gasteiger partial charge in [-0.3, -0.25) is 4.79 Å². The topological polar surface area (TPSA) is 57.6 Å². The third-order valence-electron chi connectivity index (χ3n) is 5.05. The summed E-state index contributed by atoms with van der Waals surface area (Å²) in [6, 6.07) is 5.30. The Bertz CT molecular complexity index is 700. The molecule has 1 saturated heterocycles. The normalized spacial score (nSPS) is 27.2. The van der Waals surface area contributed by atoms with Crippen LogP contribution < -0.4 is 0 Å². The van der Waals surface area contributed by atoms with Crippen LogP contribution in [0.2, 0.25) is 5.02 Å². The van der Waals surface area contributed by atoms with Gasteiger partial charge in [0.2, 0.25) is 0 Å². The lowest BCUT2D eigenvalue weighted by atomic mass is 9.75. The van der Waals surface area contributed by atoms with E-state index in [1.165, 1.54) is 0 Å². The molecule has 0 bridgehead atoms. The fraction of sp³-hybridized carbons (Fsp3) is 0.556. The second kappa shape index (κ2) is 5.95. The molecular weight excluding hydrogens is 346 g/mol. The van der Waals surface area contributed by atoms with Gasteiger partial charge in [-0.25, -0.2) is 4.79 Å². The lowest BCUT2D eigenvalue weighted by Crippen LogP contribution is -2.56. The van der Waals surface area contributed by atoms with Gasteiger partial charge in [-0.15, -0.1) is 11.8 Å². The van der Waals surface area contributed by atoms with Crippen molar-refractivity contribution in [1.82, 2.24) is 4.90 Å². The molecule has 3 rings (SSSR count). The molecule has 0 saturated carbocycles. The van der Waals surface area contributed by atoms with E-state index in [-0.39, 0.29) is 22.0 Å². The van der Waals surface area contributed by atoms with E-state index < -0.39 is 6.09 Å². The summed E-state index contributed by atoms with van der Waals surface area (Å²) in [6.45, 7) is 6.65. The predicted octanol–water partition coefficient (Wildman–Crippen LogP) is 4.95. The molecule has 24 heavy (non-hydrogen) atoms. The molecule has 1 fully saturated rings. The smallest absolute Gasteiger partial charge is 0.407 e. The second-order valence-electron chi connectivity index (χ2n) is 7.84. The maximum Gasteiger partial charge on any atom is 0.407 e. The van der Waals surface area contributed by atoms with Crippen LogP contribution >= 0.6 is 23.4 Å². The summed E-state index contributed by atoms with van der Waals surface area (Å²) in [4.78, 5) is 26.8. The van der Waals surface area contributed by atoms with Crippen molar-refractivity contribution in [1.29, 1.82) is 0 Å². The van der Waals surface area contributed by atoms with Crippen molar-refractivity contribution in [3.8, 4) is 0 Å². The zero-order valence-corrected chi connectivity index (χ0v) is 15.7. The van der Waals surface area contributed by atoms with E-state index in [1.807, 2.05) is 6.07 Å². The Labute approximate surface area is 151 Å². The first-order valence-electron chi connectivity index (χ1n) is 8.13. The molecular formula is C18H22ClNO3S. The van der Waals surface area contributed by atoms with Gasteiger partial charge in [0.1, 0.15) is 0 Å². The number of thioether (sulfide) groups is 1. The first-order chi connectivity index (χ1) is 11.1. The first kappa shape index (κ1) is 17.6. The van der Waals surface area contributed by atoms with Crippen LogP contribution in [0.15, 0.2) is 23.1 Å². The number of rotatable bonds is 0. The number of Topliss-reactive ketones (excluding diaryl/α,β-unsaturated/α-hetero) is 1. The third-order valence-corrected chi connectivity index (χ3v) is 6.79. The second-order valence-corrected chi connectivity index (χ2v) is 9.78. The molecule has 0 radical (unpaired) electrons. The monoisotopic (exact) mass is 367 g/mol. The van der Waals surface area contributed by atoms with Gasteiger partial charge in [0.25, 0.3) is 0 Å². The van der Waals surface area contributed by atoms with E-state index in [2.05, 4.69) is 20.8 Å². The van der Waals surface area contributed by atoms with Crippen LogP contribution in [0.1, 0.15) is 50.4 Å². The average molecular weight is 368 g/mol. The highest BCUT2D eigenvalue weighted by Gasteiger charge is 2.49. The Morgan fingerprint density at radius 3 is 2.75 bits per heavy atom. The van der Waals surface area contributed by atoms with Gasteiger partial charge >= 0.3 is 6.09 Å². The van der Waals surface area contributed by atoms with E-state index in [9.17, 15) is 14.7 Å². The third kappa shape index (κ3) is 3.16. The molecule has 1 N–H and O–H groups in total. The van der Waals surface area contributed by atoms with Crippen molar-refractivity contribution >= 4 is 35.2 Å². The summed E-state index contributed by atoms with van der Waals surface area (Å²) in [5, 5.41) is 10.2. The number of amides is 1. The van der Waals surface area contributed by atoms with E-state index in [0.29, 0.717) is 30.8 Å². The van der Waals surface area contributed by atoms with Crippen LogP contribution in [0.4, 0.5) is 4.79 Å². The zero-order valence-electron chi connectivity index (χ0n) is 14.1. The summed E-state index contributed by atoms with van der Waals surface area (Å²) in [6.07, 6.45) is 0.964. The van der Waals surface area contributed by atoms with Gasteiger partial charge in [-0.1, -0.05) is 32.4 Å². The van der Waals surface area contributed by atoms with Crippen molar-refractivity contribution in [3.05, 3.63) is 28.8 Å². The van der Waals surface area contributed by atoms with Crippen LogP contribution in [0.3, 0.4) is 0 Å². The molecule has 4 nitrogen and oxygen atoms in total. The number of hydrogen-bond acceptors (Lipinski definition) is 3. The summed E-state index contributed by atoms with van der Waals surface area (Å²) in [7, 11) is 0. The van der Waals surface area contributed by atoms with Crippen molar-refractivity contribution in [2.45, 2.75) is 55.7 Å². The summed E-state index contributed by atoms with van der Waals surface area (Å²) in [5.41, 5.74) is 0.562. The number of likely N-dealkylation sites (tertiary alicyclic amines) is 1. The first-order valence-corrected chi connectivity index (χ1v) is 9.32. The quantitative estimate of drug-likeness (QED) is 0.705. The van der Waals surface area contributed by atoms with E-state index in [1.54, 1.807) is 28.8 Å². The number of ketones is 1. The molecule has 2 aliphatic heterocycles. The molecule has 6 heteroatoms. The van der Waals surface area contributed by atoms with Crippen molar-refractivity contribution in [2.24, 2.45) is 5.41 Å². The minimum absolute atomic E-state index is 0.107. The van der Waals surface area contributed by atoms with Crippen LogP contribution in [0.5, 0.6) is 0 Å². The molecule has 0 aliphatic carbocycles. The van der Waals surface area contributed by atoms with Crippen molar-refractivity contribution in [3.63, 3.8) is 0 Å². The number of carboxylic acid groups (broad SMARTS) is 1. The van der Waals surface area contributed by atoms with Crippen LogP contribution in [0.25, 0.3) is 0 Å². The molecule has 0 aromatic heterocycles. The molecule has 2 atom stereocenters. The lowest BCUT2D eigenvalue weighted by Gasteiger charge is -2.50. The lowest BCUT2D eigenvalue weighted by molar-refractivity contribution is 0.0454. The number of benzene rings is 1. The Morgan fingerprint density at radius 2 is 2.12 bits per heavy atom. The predicted molar refractivity (Wildman–Crippen MR) is 96.2 cm³/mol. The largest absolute Gasteiger partial charge is 0.465 e. The fourth-order valence-electron chi connectivity index (χ4n) is 3.77. The highest BCUT2D eigenvalue weighted by molar-refractivity contribution is 8.01. The molecule has 130 valence electrons. The highest BCUT2D eigenvalue weighted by Crippen LogP contribution is 2.52. The van der Waals surface area contributed by atoms with Crippen LogP contribution in [0, 0.1) is 5.41 Å². The average Bonchev–Trinajstić information content (AvgIpc) is 2.45. The summed E-state index contributed by atoms with van der Waals surface area (Å²) < 4.78 is -0.237. The van der Waals surface area contributed by atoms with Crippen molar-refractivity contribution in [2.75, 3.05) is 6.54 Å². The Morgan fingerprint density at radius 1 is 1.42 bits per heavy atom. The van der Waals surface area contributed by atoms with E-state index >= 15 is 0 Å². The zero-order chi connectivity index (χ0) is 17.7. The molecule has 2 heterocycles. The van der Waals surface area contributed by atoms with Gasteiger partial charge in [-0.05, 0) is 36.5 Å².